The predicted octanol–water partition coefficient (Wildman–Crippen LogP) is 1.81. The van der Waals surface area contributed by atoms with Crippen molar-refractivity contribution in [1.29, 1.82) is 0 Å². The molecule has 1 atom stereocenters. The standard InChI is InChI=1S/C13H22N2O3S/c1-3-4-11-7-8-15(10-11)19(16,17)13-6-5-12(18-13)9-14-2/h5-6,11,14H,3-4,7-10H2,1-2H3. The minimum Gasteiger partial charge on any atom is -0.447 e. The zero-order valence-electron chi connectivity index (χ0n) is 11.6. The summed E-state index contributed by atoms with van der Waals surface area (Å²) in [6, 6.07) is 3.26. The van der Waals surface area contributed by atoms with Crippen LogP contribution in [0.2, 0.25) is 0 Å². The van der Waals surface area contributed by atoms with E-state index in [1.165, 1.54) is 0 Å². The topological polar surface area (TPSA) is 62.6 Å². The molecule has 108 valence electrons. The van der Waals surface area contributed by atoms with Crippen LogP contribution in [0.1, 0.15) is 31.9 Å². The second-order valence-corrected chi connectivity index (χ2v) is 6.93. The summed E-state index contributed by atoms with van der Waals surface area (Å²) >= 11 is 0. The van der Waals surface area contributed by atoms with Crippen LogP contribution in [0.15, 0.2) is 21.6 Å². The smallest absolute Gasteiger partial charge is 0.276 e. The van der Waals surface area contributed by atoms with Crippen molar-refractivity contribution in [2.75, 3.05) is 20.1 Å². The molecule has 0 saturated carbocycles. The molecule has 19 heavy (non-hydrogen) atoms. The lowest BCUT2D eigenvalue weighted by Gasteiger charge is -2.14. The van der Waals surface area contributed by atoms with Crippen molar-refractivity contribution in [2.24, 2.45) is 5.92 Å². The maximum atomic E-state index is 12.4. The van der Waals surface area contributed by atoms with Gasteiger partial charge in [0.1, 0.15) is 5.76 Å². The maximum Gasteiger partial charge on any atom is 0.276 e. The largest absolute Gasteiger partial charge is 0.447 e. The van der Waals surface area contributed by atoms with Gasteiger partial charge in [0.25, 0.3) is 10.0 Å². The van der Waals surface area contributed by atoms with Gasteiger partial charge < -0.3 is 9.73 Å². The predicted molar refractivity (Wildman–Crippen MR) is 73.2 cm³/mol. The first-order valence-electron chi connectivity index (χ1n) is 6.81. The summed E-state index contributed by atoms with van der Waals surface area (Å²) in [6.45, 7) is 3.90. The summed E-state index contributed by atoms with van der Waals surface area (Å²) in [6.07, 6.45) is 3.15. The average molecular weight is 286 g/mol. The number of nitrogens with zero attached hydrogens (tertiary/aromatic N) is 1. The van der Waals surface area contributed by atoms with E-state index in [4.69, 9.17) is 4.42 Å². The van der Waals surface area contributed by atoms with Crippen LogP contribution >= 0.6 is 0 Å². The molecule has 1 aliphatic heterocycles. The van der Waals surface area contributed by atoms with E-state index in [2.05, 4.69) is 12.2 Å². The third-order valence-electron chi connectivity index (χ3n) is 3.53. The van der Waals surface area contributed by atoms with Crippen LogP contribution in [-0.4, -0.2) is 32.9 Å². The van der Waals surface area contributed by atoms with Crippen molar-refractivity contribution in [1.82, 2.24) is 9.62 Å². The third kappa shape index (κ3) is 3.19. The molecule has 2 heterocycles. The van der Waals surface area contributed by atoms with E-state index < -0.39 is 10.0 Å². The fourth-order valence-electron chi connectivity index (χ4n) is 2.55. The van der Waals surface area contributed by atoms with Gasteiger partial charge in [-0.1, -0.05) is 13.3 Å². The Hall–Kier alpha value is -0.850. The van der Waals surface area contributed by atoms with E-state index in [0.717, 1.165) is 19.3 Å². The minimum atomic E-state index is -3.45. The van der Waals surface area contributed by atoms with Gasteiger partial charge in [0.2, 0.25) is 5.09 Å². The molecule has 1 N–H and O–H groups in total. The van der Waals surface area contributed by atoms with Gasteiger partial charge in [-0.2, -0.15) is 4.31 Å². The molecule has 0 spiro atoms. The summed E-state index contributed by atoms with van der Waals surface area (Å²) in [5.74, 6) is 1.14. The van der Waals surface area contributed by atoms with E-state index in [-0.39, 0.29) is 5.09 Å². The van der Waals surface area contributed by atoms with Crippen LogP contribution < -0.4 is 5.32 Å². The summed E-state index contributed by atoms with van der Waals surface area (Å²) in [5, 5.41) is 3.00. The Morgan fingerprint density at radius 3 is 2.95 bits per heavy atom. The van der Waals surface area contributed by atoms with E-state index in [1.54, 1.807) is 23.5 Å². The molecule has 0 aliphatic carbocycles. The molecule has 1 unspecified atom stereocenters. The van der Waals surface area contributed by atoms with E-state index >= 15 is 0 Å². The molecule has 0 amide bonds. The van der Waals surface area contributed by atoms with Crippen LogP contribution in [0.25, 0.3) is 0 Å². The molecular formula is C13H22N2O3S. The lowest BCUT2D eigenvalue weighted by atomic mass is 10.0. The van der Waals surface area contributed by atoms with Crippen LogP contribution in [0, 0.1) is 5.92 Å². The highest BCUT2D eigenvalue weighted by atomic mass is 32.2. The Morgan fingerprint density at radius 2 is 2.26 bits per heavy atom. The van der Waals surface area contributed by atoms with Gasteiger partial charge >= 0.3 is 0 Å². The normalized spacial score (nSPS) is 21.1. The van der Waals surface area contributed by atoms with Gasteiger partial charge in [0, 0.05) is 13.1 Å². The van der Waals surface area contributed by atoms with E-state index in [1.807, 2.05) is 0 Å². The van der Waals surface area contributed by atoms with Crippen molar-refractivity contribution in [2.45, 2.75) is 37.8 Å². The molecule has 1 aromatic heterocycles. The Morgan fingerprint density at radius 1 is 1.47 bits per heavy atom. The summed E-state index contributed by atoms with van der Waals surface area (Å²) < 4.78 is 31.8. The van der Waals surface area contributed by atoms with Crippen molar-refractivity contribution < 1.29 is 12.8 Å². The second kappa shape index (κ2) is 6.07. The first-order valence-corrected chi connectivity index (χ1v) is 8.25. The van der Waals surface area contributed by atoms with Crippen molar-refractivity contribution in [3.63, 3.8) is 0 Å². The van der Waals surface area contributed by atoms with Gasteiger partial charge in [-0.25, -0.2) is 8.42 Å². The maximum absolute atomic E-state index is 12.4. The fraction of sp³-hybridized carbons (Fsp3) is 0.692. The summed E-state index contributed by atoms with van der Waals surface area (Å²) in [7, 11) is -1.65. The molecular weight excluding hydrogens is 264 g/mol. The number of furan rings is 1. The van der Waals surface area contributed by atoms with Crippen LogP contribution in [-0.2, 0) is 16.6 Å². The van der Waals surface area contributed by atoms with Gasteiger partial charge in [-0.3, -0.25) is 0 Å². The zero-order chi connectivity index (χ0) is 13.9. The lowest BCUT2D eigenvalue weighted by Crippen LogP contribution is -2.28. The SMILES string of the molecule is CCCC1CCN(S(=O)(=O)c2ccc(CNC)o2)C1. The first-order chi connectivity index (χ1) is 9.07. The highest BCUT2D eigenvalue weighted by Crippen LogP contribution is 2.27. The Labute approximate surface area is 115 Å². The monoisotopic (exact) mass is 286 g/mol. The zero-order valence-corrected chi connectivity index (χ0v) is 12.4. The average Bonchev–Trinajstić information content (AvgIpc) is 2.99. The lowest BCUT2D eigenvalue weighted by molar-refractivity contribution is 0.379. The second-order valence-electron chi connectivity index (χ2n) is 5.06. The molecule has 2 rings (SSSR count). The molecule has 1 fully saturated rings. The molecule has 6 heteroatoms. The molecule has 1 aliphatic rings. The van der Waals surface area contributed by atoms with Crippen LogP contribution in [0.5, 0.6) is 0 Å². The first kappa shape index (κ1) is 14.6. The molecule has 0 radical (unpaired) electrons. The highest BCUT2D eigenvalue weighted by molar-refractivity contribution is 7.89. The Bertz CT molecular complexity index is 510. The van der Waals surface area contributed by atoms with E-state index in [0.29, 0.717) is 31.3 Å². The minimum absolute atomic E-state index is 0.0647. The molecule has 5 nitrogen and oxygen atoms in total. The van der Waals surface area contributed by atoms with Crippen LogP contribution in [0.4, 0.5) is 0 Å². The van der Waals surface area contributed by atoms with Gasteiger partial charge in [-0.15, -0.1) is 0 Å². The summed E-state index contributed by atoms with van der Waals surface area (Å²) in [4.78, 5) is 0. The van der Waals surface area contributed by atoms with Gasteiger partial charge in [-0.05, 0) is 37.9 Å². The van der Waals surface area contributed by atoms with Crippen molar-refractivity contribution >= 4 is 10.0 Å². The molecule has 1 aromatic rings. The van der Waals surface area contributed by atoms with Crippen LogP contribution in [0.3, 0.4) is 0 Å². The number of sulfonamides is 1. The van der Waals surface area contributed by atoms with Gasteiger partial charge in [0.15, 0.2) is 0 Å². The molecule has 1 saturated heterocycles. The van der Waals surface area contributed by atoms with Crippen molar-refractivity contribution in [3.8, 4) is 0 Å². The number of hydrogen-bond acceptors (Lipinski definition) is 4. The number of hydrogen-bond donors (Lipinski definition) is 1. The fourth-order valence-corrected chi connectivity index (χ4v) is 4.01. The van der Waals surface area contributed by atoms with E-state index in [9.17, 15) is 8.42 Å². The third-order valence-corrected chi connectivity index (χ3v) is 5.27. The molecule has 0 bridgehead atoms. The highest BCUT2D eigenvalue weighted by Gasteiger charge is 2.33. The Balaban J connectivity index is 2.09. The summed E-state index contributed by atoms with van der Waals surface area (Å²) in [5.41, 5.74) is 0. The number of rotatable bonds is 6. The van der Waals surface area contributed by atoms with Gasteiger partial charge in [0.05, 0.1) is 6.54 Å². The molecule has 0 aromatic carbocycles. The number of nitrogens with one attached hydrogen (secondary N) is 1. The van der Waals surface area contributed by atoms with Crippen molar-refractivity contribution in [3.05, 3.63) is 17.9 Å². The quantitative estimate of drug-likeness (QED) is 0.866. The Kier molecular flexibility index (Phi) is 4.65.